The SMILES string of the molecule is C=CC=C.[H+].[H+].[H+].[H+].[H+].[H+].[H+].[H+].[H+]. The molecule has 0 radical (unpaired) electrons. The van der Waals surface area contributed by atoms with Crippen LogP contribution in [0.1, 0.15) is 12.8 Å². The Labute approximate surface area is 39.8 Å². The number of rotatable bonds is 1. The predicted molar refractivity (Wildman–Crippen MR) is 30.4 cm³/mol. The van der Waals surface area contributed by atoms with Gasteiger partial charge in [-0.25, -0.2) is 0 Å². The molecule has 0 unspecified atom stereocenters. The maximum atomic E-state index is 3.36. The highest BCUT2D eigenvalue weighted by molar-refractivity contribution is 4.88. The number of hydrogen-bond donors (Lipinski definition) is 0. The van der Waals surface area contributed by atoms with E-state index >= 15 is 0 Å². The van der Waals surface area contributed by atoms with Gasteiger partial charge in [0.05, 0.1) is 0 Å². The fourth-order valence-corrected chi connectivity index (χ4v) is 0. The summed E-state index contributed by atoms with van der Waals surface area (Å²) in [6.07, 6.45) is 3.28. The van der Waals surface area contributed by atoms with Crippen LogP contribution in [0.3, 0.4) is 0 Å². The molecule has 0 saturated heterocycles. The van der Waals surface area contributed by atoms with E-state index in [1.165, 1.54) is 0 Å². The molecule has 0 nitrogen and oxygen atoms in total. The Kier molecular flexibility index (Phi) is 2.16. The first-order valence-electron chi connectivity index (χ1n) is 1.15. The Morgan fingerprint density at radius 1 is 1.25 bits per heavy atom. The molecule has 0 heterocycles. The molecule has 0 aromatic carbocycles. The van der Waals surface area contributed by atoms with E-state index in [1.54, 1.807) is 12.2 Å². The third-order valence-electron chi connectivity index (χ3n) is 0.167. The van der Waals surface area contributed by atoms with Gasteiger partial charge in [0.15, 0.2) is 0 Å². The van der Waals surface area contributed by atoms with Crippen molar-refractivity contribution in [2.75, 3.05) is 0 Å². The van der Waals surface area contributed by atoms with Crippen molar-refractivity contribution in [3.05, 3.63) is 25.3 Å². The lowest BCUT2D eigenvalue weighted by molar-refractivity contribution is 2.15. The highest BCUT2D eigenvalue weighted by Gasteiger charge is 1.29. The first-order chi connectivity index (χ1) is 1.91. The summed E-state index contributed by atoms with van der Waals surface area (Å²) in [4.78, 5) is 0. The molecule has 0 spiro atoms. The molecule has 0 aromatic rings. The van der Waals surface area contributed by atoms with Gasteiger partial charge in [-0.05, 0) is 0 Å². The molecule has 0 heteroatoms. The van der Waals surface area contributed by atoms with Gasteiger partial charge in [0.25, 0.3) is 0 Å². The molecule has 0 saturated carbocycles. The highest BCUT2D eigenvalue weighted by atomic mass is 13.4. The average Bonchev–Trinajstić information content (AvgIpc) is 1.37. The maximum absolute atomic E-state index is 3.36. The van der Waals surface area contributed by atoms with Gasteiger partial charge < -0.3 is 0 Å². The van der Waals surface area contributed by atoms with Crippen LogP contribution in [0.2, 0.25) is 0 Å². The lowest BCUT2D eigenvalue weighted by atomic mass is 10.6. The third-order valence-corrected chi connectivity index (χ3v) is 0.167. The second-order valence-electron chi connectivity index (χ2n) is 0.471. The first kappa shape index (κ1) is 3.48. The topological polar surface area (TPSA) is 0 Å². The minimum absolute atomic E-state index is 0. The fraction of sp³-hybridized carbons (Fsp3) is 0. The zero-order valence-electron chi connectivity index (χ0n) is 11.6. The highest BCUT2D eigenvalue weighted by Crippen LogP contribution is 1.52. The summed E-state index contributed by atoms with van der Waals surface area (Å²) in [6, 6.07) is 0. The van der Waals surface area contributed by atoms with Crippen LogP contribution in [0.5, 0.6) is 0 Å². The van der Waals surface area contributed by atoms with Gasteiger partial charge in [0.1, 0.15) is 0 Å². The van der Waals surface area contributed by atoms with Crippen molar-refractivity contribution < 1.29 is 12.8 Å². The van der Waals surface area contributed by atoms with E-state index in [0.717, 1.165) is 0 Å². The van der Waals surface area contributed by atoms with Crippen LogP contribution in [0.25, 0.3) is 0 Å². The van der Waals surface area contributed by atoms with Gasteiger partial charge in [0, 0.05) is 0 Å². The van der Waals surface area contributed by atoms with Gasteiger partial charge in [-0.2, -0.15) is 0 Å². The van der Waals surface area contributed by atoms with Crippen molar-refractivity contribution in [2.45, 2.75) is 0 Å². The lowest BCUT2D eigenvalue weighted by Gasteiger charge is -1.44. The van der Waals surface area contributed by atoms with Crippen molar-refractivity contribution in [1.29, 1.82) is 0 Å². The second kappa shape index (κ2) is 2.48. The molecule has 0 aliphatic carbocycles. The van der Waals surface area contributed by atoms with E-state index < -0.39 is 0 Å². The van der Waals surface area contributed by atoms with Crippen molar-refractivity contribution in [3.8, 4) is 0 Å². The van der Waals surface area contributed by atoms with Gasteiger partial charge in [-0.15, -0.1) is 0 Å². The van der Waals surface area contributed by atoms with Crippen LogP contribution in [0.15, 0.2) is 25.3 Å². The summed E-state index contributed by atoms with van der Waals surface area (Å²) in [5.74, 6) is 0. The Balaban J connectivity index is -0.00000000125. The third kappa shape index (κ3) is 1.48. The standard InChI is InChI=1S/C4H6/c1-3-4-2/h3-4H,1-2H2/p+9. The Bertz CT molecular complexity index is 32.6. The summed E-state index contributed by atoms with van der Waals surface area (Å²) in [6.45, 7) is 6.72. The van der Waals surface area contributed by atoms with Gasteiger partial charge in [-0.1, -0.05) is 25.3 Å². The van der Waals surface area contributed by atoms with E-state index in [-0.39, 0.29) is 12.8 Å². The Morgan fingerprint density at radius 3 is 1.50 bits per heavy atom. The largest absolute Gasteiger partial charge is 1.00 e. The van der Waals surface area contributed by atoms with Crippen LogP contribution in [-0.2, 0) is 0 Å². The first-order valence-corrected chi connectivity index (χ1v) is 1.15. The molecular formula is C4H15+9. The lowest BCUT2D eigenvalue weighted by Crippen LogP contribution is -1.21. The zero-order chi connectivity index (χ0) is 3.41. The maximum Gasteiger partial charge on any atom is 1.00 e. The van der Waals surface area contributed by atoms with Gasteiger partial charge in [-0.3, -0.25) is 0 Å². The molecule has 0 aliphatic heterocycles. The molecule has 0 bridgehead atoms. The van der Waals surface area contributed by atoms with Crippen molar-refractivity contribution in [1.82, 2.24) is 0 Å². The van der Waals surface area contributed by atoms with Crippen LogP contribution in [0.4, 0.5) is 0 Å². The Hall–Kier alpha value is -0.520. The number of hydrogen-bond acceptors (Lipinski definition) is 0. The van der Waals surface area contributed by atoms with Crippen molar-refractivity contribution >= 4 is 0 Å². The van der Waals surface area contributed by atoms with Crippen LogP contribution in [0, 0.1) is 0 Å². The molecule has 4 heavy (non-hydrogen) atoms. The number of allylic oxidation sites excluding steroid dienone is 2. The zero-order valence-corrected chi connectivity index (χ0v) is 2.57. The summed E-state index contributed by atoms with van der Waals surface area (Å²) in [5, 5.41) is 0. The molecule has 0 fully saturated rings. The summed E-state index contributed by atoms with van der Waals surface area (Å²) >= 11 is 0. The van der Waals surface area contributed by atoms with Crippen LogP contribution in [-0.4, -0.2) is 0 Å². The van der Waals surface area contributed by atoms with E-state index in [9.17, 15) is 0 Å². The molecule has 0 aliphatic rings. The van der Waals surface area contributed by atoms with Crippen molar-refractivity contribution in [3.63, 3.8) is 0 Å². The smallest absolute Gasteiger partial charge is 0.0991 e. The monoisotopic (exact) mass is 63.1 g/mol. The summed E-state index contributed by atoms with van der Waals surface area (Å²) in [5.41, 5.74) is 0. The molecule has 0 aromatic heterocycles. The molecular weight excluding hydrogens is 48.0 g/mol. The molecule has 0 rings (SSSR count). The molecule has 22 valence electrons. The minimum Gasteiger partial charge on any atom is -0.0991 e. The Morgan fingerprint density at radius 2 is 1.50 bits per heavy atom. The quantitative estimate of drug-likeness (QED) is 0.410. The summed E-state index contributed by atoms with van der Waals surface area (Å²) < 4.78 is 0. The van der Waals surface area contributed by atoms with Gasteiger partial charge >= 0.3 is 12.8 Å². The van der Waals surface area contributed by atoms with Crippen molar-refractivity contribution in [2.24, 2.45) is 0 Å². The van der Waals surface area contributed by atoms with Gasteiger partial charge in [0.2, 0.25) is 0 Å². The molecule has 0 N–H and O–H groups in total. The normalized spacial score (nSPS) is 5.00. The predicted octanol–water partition coefficient (Wildman–Crippen LogP) is 2.37. The van der Waals surface area contributed by atoms with E-state index in [4.69, 9.17) is 0 Å². The van der Waals surface area contributed by atoms with E-state index in [0.29, 0.717) is 0 Å². The minimum atomic E-state index is 0. The molecule has 0 atom stereocenters. The second-order valence-corrected chi connectivity index (χ2v) is 0.471. The van der Waals surface area contributed by atoms with E-state index in [2.05, 4.69) is 13.2 Å². The fourth-order valence-electron chi connectivity index (χ4n) is 0. The molecule has 0 amide bonds. The summed E-state index contributed by atoms with van der Waals surface area (Å²) in [7, 11) is 0. The van der Waals surface area contributed by atoms with Crippen LogP contribution < -0.4 is 0 Å². The van der Waals surface area contributed by atoms with E-state index in [1.807, 2.05) is 0 Å². The van der Waals surface area contributed by atoms with Crippen LogP contribution >= 0.6 is 0 Å². The average molecular weight is 63.2 g/mol.